The van der Waals surface area contributed by atoms with Crippen molar-refractivity contribution in [3.05, 3.63) is 70.8 Å². The maximum absolute atomic E-state index is 12.7. The van der Waals surface area contributed by atoms with Crippen LogP contribution in [-0.4, -0.2) is 12.1 Å². The molecule has 0 bridgehead atoms. The SMILES string of the molecule is Cc1c(COC(=O)[C@@H]2[C@H](/C=C(\Cl)C(F)(F)F)C2(C)C)cccc1-c1ccccc1. The van der Waals surface area contributed by atoms with E-state index in [2.05, 4.69) is 0 Å². The van der Waals surface area contributed by atoms with E-state index in [1.165, 1.54) is 0 Å². The van der Waals surface area contributed by atoms with Gasteiger partial charge in [0.15, 0.2) is 0 Å². The zero-order chi connectivity index (χ0) is 21.4. The summed E-state index contributed by atoms with van der Waals surface area (Å²) in [5, 5.41) is -1.20. The molecule has 3 rings (SSSR count). The molecule has 0 aliphatic heterocycles. The number of hydrogen-bond donors (Lipinski definition) is 0. The highest BCUT2D eigenvalue weighted by Crippen LogP contribution is 2.60. The first-order valence-electron chi connectivity index (χ1n) is 9.28. The first kappa shape index (κ1) is 21.4. The Kier molecular flexibility index (Phi) is 5.81. The molecule has 0 spiro atoms. The van der Waals surface area contributed by atoms with Crippen molar-refractivity contribution in [2.45, 2.75) is 33.6 Å². The molecule has 2 nitrogen and oxygen atoms in total. The van der Waals surface area contributed by atoms with Gasteiger partial charge in [-0.15, -0.1) is 0 Å². The Morgan fingerprint density at radius 3 is 2.41 bits per heavy atom. The molecule has 29 heavy (non-hydrogen) atoms. The summed E-state index contributed by atoms with van der Waals surface area (Å²) < 4.78 is 43.5. The Morgan fingerprint density at radius 2 is 1.79 bits per heavy atom. The van der Waals surface area contributed by atoms with E-state index in [9.17, 15) is 18.0 Å². The lowest BCUT2D eigenvalue weighted by Gasteiger charge is -2.12. The maximum atomic E-state index is 12.7. The van der Waals surface area contributed by atoms with Crippen molar-refractivity contribution in [2.75, 3.05) is 0 Å². The smallest absolute Gasteiger partial charge is 0.426 e. The number of halogens is 4. The van der Waals surface area contributed by atoms with Crippen molar-refractivity contribution in [2.24, 2.45) is 17.3 Å². The molecule has 1 aliphatic rings. The zero-order valence-electron chi connectivity index (χ0n) is 16.4. The number of rotatable bonds is 5. The van der Waals surface area contributed by atoms with E-state index in [-0.39, 0.29) is 6.61 Å². The minimum absolute atomic E-state index is 0.0708. The fraction of sp³-hybridized carbons (Fsp3) is 0.348. The van der Waals surface area contributed by atoms with Crippen LogP contribution in [0.15, 0.2) is 59.6 Å². The van der Waals surface area contributed by atoms with Crippen molar-refractivity contribution < 1.29 is 22.7 Å². The second-order valence-corrected chi connectivity index (χ2v) is 8.31. The molecular weight excluding hydrogens is 401 g/mol. The van der Waals surface area contributed by atoms with Gasteiger partial charge in [-0.05, 0) is 40.5 Å². The second kappa shape index (κ2) is 7.86. The molecule has 1 fully saturated rings. The fourth-order valence-corrected chi connectivity index (χ4v) is 3.84. The molecule has 2 aromatic carbocycles. The average Bonchev–Trinajstić information content (AvgIpc) is 3.20. The van der Waals surface area contributed by atoms with Gasteiger partial charge in [0.1, 0.15) is 11.6 Å². The molecule has 0 N–H and O–H groups in total. The number of hydrogen-bond acceptors (Lipinski definition) is 2. The van der Waals surface area contributed by atoms with Crippen LogP contribution in [0.5, 0.6) is 0 Å². The van der Waals surface area contributed by atoms with Gasteiger partial charge in [0, 0.05) is 0 Å². The Morgan fingerprint density at radius 1 is 1.14 bits per heavy atom. The van der Waals surface area contributed by atoms with E-state index < -0.39 is 34.4 Å². The van der Waals surface area contributed by atoms with E-state index in [0.29, 0.717) is 0 Å². The third-order valence-corrected chi connectivity index (χ3v) is 6.00. The monoisotopic (exact) mass is 422 g/mol. The molecule has 0 radical (unpaired) electrons. The number of benzene rings is 2. The van der Waals surface area contributed by atoms with Crippen molar-refractivity contribution in [3.8, 4) is 11.1 Å². The van der Waals surface area contributed by atoms with E-state index in [1.54, 1.807) is 13.8 Å². The second-order valence-electron chi connectivity index (χ2n) is 7.90. The molecule has 1 saturated carbocycles. The zero-order valence-corrected chi connectivity index (χ0v) is 17.1. The van der Waals surface area contributed by atoms with Gasteiger partial charge in [0.2, 0.25) is 0 Å². The summed E-state index contributed by atoms with van der Waals surface area (Å²) in [4.78, 5) is 12.5. The first-order chi connectivity index (χ1) is 13.5. The standard InChI is InChI=1S/C23H22ClF3O2/c1-14-16(10-7-11-17(14)15-8-5-4-6-9-15)13-29-21(28)20-18(22(20,2)3)12-19(24)23(25,26)27/h4-12,18,20H,13H2,1-3H3/b19-12-/t18-,20-/m0/s1. The van der Waals surface area contributed by atoms with Crippen molar-refractivity contribution in [1.29, 1.82) is 0 Å². The van der Waals surface area contributed by atoms with Crippen LogP contribution in [0.2, 0.25) is 0 Å². The third kappa shape index (κ3) is 4.50. The fourth-order valence-electron chi connectivity index (χ4n) is 3.70. The summed E-state index contributed by atoms with van der Waals surface area (Å²) in [7, 11) is 0. The van der Waals surface area contributed by atoms with Crippen LogP contribution in [-0.2, 0) is 16.1 Å². The molecule has 0 aromatic heterocycles. The average molecular weight is 423 g/mol. The quantitative estimate of drug-likeness (QED) is 0.503. The van der Waals surface area contributed by atoms with Gasteiger partial charge in [-0.1, -0.05) is 80.1 Å². The van der Waals surface area contributed by atoms with Gasteiger partial charge >= 0.3 is 12.1 Å². The van der Waals surface area contributed by atoms with Crippen LogP contribution in [0.3, 0.4) is 0 Å². The molecule has 154 valence electrons. The lowest BCUT2D eigenvalue weighted by Crippen LogP contribution is -2.11. The minimum Gasteiger partial charge on any atom is -0.461 e. The van der Waals surface area contributed by atoms with Gasteiger partial charge in [0.05, 0.1) is 5.92 Å². The Balaban J connectivity index is 1.70. The van der Waals surface area contributed by atoms with Crippen LogP contribution < -0.4 is 0 Å². The van der Waals surface area contributed by atoms with E-state index >= 15 is 0 Å². The lowest BCUT2D eigenvalue weighted by atomic mass is 9.97. The van der Waals surface area contributed by atoms with Gasteiger partial charge in [-0.25, -0.2) is 0 Å². The predicted octanol–water partition coefficient (Wildman–Crippen LogP) is 6.66. The molecule has 0 unspecified atom stereocenters. The summed E-state index contributed by atoms with van der Waals surface area (Å²) in [6.45, 7) is 5.51. The van der Waals surface area contributed by atoms with E-state index in [4.69, 9.17) is 16.3 Å². The highest BCUT2D eigenvalue weighted by molar-refractivity contribution is 6.30. The summed E-state index contributed by atoms with van der Waals surface area (Å²) in [6, 6.07) is 15.6. The Labute approximate surface area is 173 Å². The van der Waals surface area contributed by atoms with E-state index in [0.717, 1.165) is 28.3 Å². The van der Waals surface area contributed by atoms with Crippen molar-refractivity contribution in [3.63, 3.8) is 0 Å². The number of ether oxygens (including phenoxy) is 1. The normalized spacial score (nSPS) is 21.0. The number of carbonyl (C=O) groups is 1. The lowest BCUT2D eigenvalue weighted by molar-refractivity contribution is -0.147. The van der Waals surface area contributed by atoms with Crippen LogP contribution in [0.4, 0.5) is 13.2 Å². The Bertz CT molecular complexity index is 933. The molecule has 2 aromatic rings. The molecule has 0 saturated heterocycles. The topological polar surface area (TPSA) is 26.3 Å². The summed E-state index contributed by atoms with van der Waals surface area (Å²) in [6.07, 6.45) is -3.68. The summed E-state index contributed by atoms with van der Waals surface area (Å²) >= 11 is 5.34. The molecule has 6 heteroatoms. The van der Waals surface area contributed by atoms with Gasteiger partial charge in [-0.2, -0.15) is 13.2 Å². The van der Waals surface area contributed by atoms with Crippen LogP contribution in [0.1, 0.15) is 25.0 Å². The van der Waals surface area contributed by atoms with Gasteiger partial charge in [0.25, 0.3) is 0 Å². The van der Waals surface area contributed by atoms with Crippen LogP contribution in [0.25, 0.3) is 11.1 Å². The van der Waals surface area contributed by atoms with Crippen molar-refractivity contribution in [1.82, 2.24) is 0 Å². The highest BCUT2D eigenvalue weighted by Gasteiger charge is 2.62. The third-order valence-electron chi connectivity index (χ3n) is 5.66. The van der Waals surface area contributed by atoms with Crippen molar-refractivity contribution >= 4 is 17.6 Å². The number of allylic oxidation sites excluding steroid dienone is 2. The predicted molar refractivity (Wildman–Crippen MR) is 107 cm³/mol. The minimum atomic E-state index is -4.61. The molecule has 2 atom stereocenters. The summed E-state index contributed by atoms with van der Waals surface area (Å²) in [5.74, 6) is -1.75. The number of esters is 1. The van der Waals surface area contributed by atoms with E-state index in [1.807, 2.05) is 55.5 Å². The maximum Gasteiger partial charge on any atom is 0.426 e. The molecule has 1 aliphatic carbocycles. The van der Waals surface area contributed by atoms with Gasteiger partial charge < -0.3 is 4.74 Å². The molecular formula is C23H22ClF3O2. The van der Waals surface area contributed by atoms with Gasteiger partial charge in [-0.3, -0.25) is 4.79 Å². The molecule has 0 amide bonds. The van der Waals surface area contributed by atoms with Crippen LogP contribution >= 0.6 is 11.6 Å². The summed E-state index contributed by atoms with van der Waals surface area (Å²) in [5.41, 5.74) is 3.34. The highest BCUT2D eigenvalue weighted by atomic mass is 35.5. The first-order valence-corrected chi connectivity index (χ1v) is 9.66. The largest absolute Gasteiger partial charge is 0.461 e. The Hall–Kier alpha value is -2.27. The number of carbonyl (C=O) groups excluding carboxylic acids is 1. The molecule has 0 heterocycles. The number of alkyl halides is 3. The van der Waals surface area contributed by atoms with Crippen LogP contribution in [0, 0.1) is 24.2 Å².